The lowest BCUT2D eigenvalue weighted by atomic mass is 10.1. The Morgan fingerprint density at radius 3 is 2.29 bits per heavy atom. The van der Waals surface area contributed by atoms with Crippen LogP contribution in [0.25, 0.3) is 0 Å². The van der Waals surface area contributed by atoms with E-state index in [4.69, 9.17) is 0 Å². The molecule has 2 rings (SSSR count). The smallest absolute Gasteiger partial charge is 0.311 e. The maximum Gasteiger partial charge on any atom is 0.311 e. The molecule has 0 saturated carbocycles. The van der Waals surface area contributed by atoms with Gasteiger partial charge in [-0.2, -0.15) is 0 Å². The molecule has 0 fully saturated rings. The van der Waals surface area contributed by atoms with E-state index in [1.165, 1.54) is 12.1 Å². The number of hydrogen-bond acceptors (Lipinski definition) is 4. The van der Waals surface area contributed by atoms with Crippen LogP contribution < -0.4 is 5.32 Å². The molecule has 108 valence electrons. The number of nitro benzene ring substituents is 1. The number of carbonyl (C=O) groups is 1. The maximum atomic E-state index is 12.2. The molecule has 0 radical (unpaired) electrons. The van der Waals surface area contributed by atoms with Gasteiger partial charge >= 0.3 is 5.69 Å². The van der Waals surface area contributed by atoms with Gasteiger partial charge in [-0.05, 0) is 31.0 Å². The standard InChI is InChI=1S/C15H14N2O4/c1-9-5-3-6-10(2)13(9)16-15(19)11-7-4-8-12(14(11)18)17(20)21/h3-8,18H,1-2H3,(H,16,19). The van der Waals surface area contributed by atoms with Gasteiger partial charge in [0.2, 0.25) is 5.75 Å². The number of nitro groups is 1. The Balaban J connectivity index is 2.38. The third kappa shape index (κ3) is 2.84. The molecule has 0 aliphatic rings. The van der Waals surface area contributed by atoms with Crippen molar-refractivity contribution in [2.75, 3.05) is 5.32 Å². The van der Waals surface area contributed by atoms with Gasteiger partial charge in [0.05, 0.1) is 10.5 Å². The third-order valence-electron chi connectivity index (χ3n) is 3.18. The Morgan fingerprint density at radius 2 is 1.71 bits per heavy atom. The fraction of sp³-hybridized carbons (Fsp3) is 0.133. The SMILES string of the molecule is Cc1cccc(C)c1NC(=O)c1cccc([N+](=O)[O-])c1O. The minimum atomic E-state index is -0.731. The molecule has 21 heavy (non-hydrogen) atoms. The van der Waals surface area contributed by atoms with E-state index in [1.807, 2.05) is 32.0 Å². The number of anilines is 1. The lowest BCUT2D eigenvalue weighted by molar-refractivity contribution is -0.385. The van der Waals surface area contributed by atoms with E-state index in [-0.39, 0.29) is 5.56 Å². The van der Waals surface area contributed by atoms with Gasteiger partial charge in [-0.3, -0.25) is 14.9 Å². The van der Waals surface area contributed by atoms with Crippen molar-refractivity contribution >= 4 is 17.3 Å². The second-order valence-electron chi connectivity index (χ2n) is 4.65. The molecule has 0 aromatic heterocycles. The molecule has 0 spiro atoms. The van der Waals surface area contributed by atoms with Crippen LogP contribution in [0.3, 0.4) is 0 Å². The van der Waals surface area contributed by atoms with Gasteiger partial charge in [-0.25, -0.2) is 0 Å². The summed E-state index contributed by atoms with van der Waals surface area (Å²) in [4.78, 5) is 22.3. The minimum Gasteiger partial charge on any atom is -0.502 e. The van der Waals surface area contributed by atoms with Crippen LogP contribution in [0, 0.1) is 24.0 Å². The first-order chi connectivity index (χ1) is 9.91. The number of phenols is 1. The highest BCUT2D eigenvalue weighted by Crippen LogP contribution is 2.30. The second-order valence-corrected chi connectivity index (χ2v) is 4.65. The molecule has 2 N–H and O–H groups in total. The molecular weight excluding hydrogens is 272 g/mol. The first-order valence-corrected chi connectivity index (χ1v) is 6.25. The van der Waals surface area contributed by atoms with E-state index >= 15 is 0 Å². The molecule has 1 amide bonds. The van der Waals surface area contributed by atoms with Crippen molar-refractivity contribution in [1.29, 1.82) is 0 Å². The number of nitrogens with zero attached hydrogens (tertiary/aromatic N) is 1. The topological polar surface area (TPSA) is 92.5 Å². The average molecular weight is 286 g/mol. The van der Waals surface area contributed by atoms with Crippen LogP contribution in [0.1, 0.15) is 21.5 Å². The molecule has 0 heterocycles. The molecule has 0 atom stereocenters. The van der Waals surface area contributed by atoms with E-state index in [0.29, 0.717) is 5.69 Å². The monoisotopic (exact) mass is 286 g/mol. The first kappa shape index (κ1) is 14.5. The summed E-state index contributed by atoms with van der Waals surface area (Å²) >= 11 is 0. The lowest BCUT2D eigenvalue weighted by Crippen LogP contribution is -2.14. The van der Waals surface area contributed by atoms with Crippen LogP contribution in [-0.2, 0) is 0 Å². The zero-order valence-electron chi connectivity index (χ0n) is 11.6. The maximum absolute atomic E-state index is 12.2. The van der Waals surface area contributed by atoms with Gasteiger partial charge in [0, 0.05) is 11.8 Å². The predicted molar refractivity (Wildman–Crippen MR) is 78.6 cm³/mol. The number of para-hydroxylation sites is 2. The van der Waals surface area contributed by atoms with Crippen molar-refractivity contribution in [1.82, 2.24) is 0 Å². The zero-order valence-corrected chi connectivity index (χ0v) is 11.6. The molecule has 2 aromatic rings. The van der Waals surface area contributed by atoms with E-state index < -0.39 is 22.3 Å². The highest BCUT2D eigenvalue weighted by Gasteiger charge is 2.21. The summed E-state index contributed by atoms with van der Waals surface area (Å²) in [6, 6.07) is 9.39. The van der Waals surface area contributed by atoms with Crippen molar-refractivity contribution in [3.05, 3.63) is 63.2 Å². The van der Waals surface area contributed by atoms with E-state index in [1.54, 1.807) is 0 Å². The summed E-state index contributed by atoms with van der Waals surface area (Å²) in [5.74, 6) is -1.22. The summed E-state index contributed by atoms with van der Waals surface area (Å²) in [6.07, 6.45) is 0. The van der Waals surface area contributed by atoms with Crippen molar-refractivity contribution in [2.24, 2.45) is 0 Å². The zero-order chi connectivity index (χ0) is 15.6. The Bertz CT molecular complexity index is 705. The largest absolute Gasteiger partial charge is 0.502 e. The van der Waals surface area contributed by atoms with Gasteiger partial charge in [-0.1, -0.05) is 24.3 Å². The molecule has 6 heteroatoms. The molecule has 0 aliphatic carbocycles. The average Bonchev–Trinajstić information content (AvgIpc) is 2.42. The summed E-state index contributed by atoms with van der Waals surface area (Å²) in [5.41, 5.74) is 1.74. The van der Waals surface area contributed by atoms with Crippen LogP contribution in [0.15, 0.2) is 36.4 Å². The van der Waals surface area contributed by atoms with Crippen LogP contribution in [-0.4, -0.2) is 15.9 Å². The number of aryl methyl sites for hydroxylation is 2. The second kappa shape index (κ2) is 5.62. The van der Waals surface area contributed by atoms with Crippen molar-refractivity contribution < 1.29 is 14.8 Å². The minimum absolute atomic E-state index is 0.133. The summed E-state index contributed by atoms with van der Waals surface area (Å²) in [6.45, 7) is 3.69. The predicted octanol–water partition coefficient (Wildman–Crippen LogP) is 3.17. The Kier molecular flexibility index (Phi) is 3.89. The Hall–Kier alpha value is -2.89. The molecule has 6 nitrogen and oxygen atoms in total. The van der Waals surface area contributed by atoms with Crippen LogP contribution in [0.2, 0.25) is 0 Å². The summed E-state index contributed by atoms with van der Waals surface area (Å²) in [5, 5.41) is 23.3. The van der Waals surface area contributed by atoms with Gasteiger partial charge in [-0.15, -0.1) is 0 Å². The fourth-order valence-corrected chi connectivity index (χ4v) is 2.05. The number of nitrogens with one attached hydrogen (secondary N) is 1. The Labute approximate surface area is 121 Å². The summed E-state index contributed by atoms with van der Waals surface area (Å²) in [7, 11) is 0. The van der Waals surface area contributed by atoms with Crippen LogP contribution in [0.4, 0.5) is 11.4 Å². The molecule has 0 unspecified atom stereocenters. The number of phenolic OH excluding ortho intramolecular Hbond substituents is 1. The van der Waals surface area contributed by atoms with E-state index in [0.717, 1.165) is 17.2 Å². The normalized spacial score (nSPS) is 10.2. The van der Waals surface area contributed by atoms with Gasteiger partial charge in [0.1, 0.15) is 0 Å². The number of hydrogen-bond donors (Lipinski definition) is 2. The molecule has 0 saturated heterocycles. The first-order valence-electron chi connectivity index (χ1n) is 6.25. The number of rotatable bonds is 3. The molecular formula is C15H14N2O4. The number of aromatic hydroxyl groups is 1. The van der Waals surface area contributed by atoms with Crippen molar-refractivity contribution in [2.45, 2.75) is 13.8 Å². The number of benzene rings is 2. The van der Waals surface area contributed by atoms with Crippen molar-refractivity contribution in [3.63, 3.8) is 0 Å². The number of carbonyl (C=O) groups excluding carboxylic acids is 1. The van der Waals surface area contributed by atoms with Crippen LogP contribution in [0.5, 0.6) is 5.75 Å². The van der Waals surface area contributed by atoms with Gasteiger partial charge in [0.15, 0.2) is 0 Å². The van der Waals surface area contributed by atoms with Crippen LogP contribution >= 0.6 is 0 Å². The van der Waals surface area contributed by atoms with E-state index in [2.05, 4.69) is 5.32 Å². The quantitative estimate of drug-likeness (QED) is 0.669. The lowest BCUT2D eigenvalue weighted by Gasteiger charge is -2.12. The molecule has 0 bridgehead atoms. The fourth-order valence-electron chi connectivity index (χ4n) is 2.05. The van der Waals surface area contributed by atoms with E-state index in [9.17, 15) is 20.0 Å². The number of amides is 1. The highest BCUT2D eigenvalue weighted by atomic mass is 16.6. The third-order valence-corrected chi connectivity index (χ3v) is 3.18. The molecule has 0 aliphatic heterocycles. The Morgan fingerprint density at radius 1 is 1.14 bits per heavy atom. The molecule has 2 aromatic carbocycles. The van der Waals surface area contributed by atoms with Gasteiger partial charge < -0.3 is 10.4 Å². The summed E-state index contributed by atoms with van der Waals surface area (Å²) < 4.78 is 0. The highest BCUT2D eigenvalue weighted by molar-refractivity contribution is 6.07. The van der Waals surface area contributed by atoms with Gasteiger partial charge in [0.25, 0.3) is 5.91 Å². The van der Waals surface area contributed by atoms with Crippen molar-refractivity contribution in [3.8, 4) is 5.75 Å².